The molecule has 0 unspecified atom stereocenters. The van der Waals surface area contributed by atoms with Crippen LogP contribution in [-0.2, 0) is 6.54 Å². The van der Waals surface area contributed by atoms with Gasteiger partial charge in [0, 0.05) is 12.6 Å². The molecule has 0 fully saturated rings. The van der Waals surface area contributed by atoms with E-state index in [-0.39, 0.29) is 5.56 Å². The van der Waals surface area contributed by atoms with E-state index in [0.29, 0.717) is 13.1 Å². The lowest BCUT2D eigenvalue weighted by molar-refractivity contribution is 0.614. The van der Waals surface area contributed by atoms with Gasteiger partial charge >= 0.3 is 0 Å². The summed E-state index contributed by atoms with van der Waals surface area (Å²) in [6.45, 7) is 6.86. The van der Waals surface area contributed by atoms with Crippen molar-refractivity contribution in [1.29, 1.82) is 0 Å². The van der Waals surface area contributed by atoms with Crippen LogP contribution in [0.3, 0.4) is 0 Å². The van der Waals surface area contributed by atoms with Gasteiger partial charge in [0.25, 0.3) is 5.56 Å². The fraction of sp³-hybridized carbons (Fsp3) is 0.400. The van der Waals surface area contributed by atoms with Gasteiger partial charge in [-0.2, -0.15) is 5.10 Å². The molecule has 0 aliphatic heterocycles. The molecule has 4 nitrogen and oxygen atoms in total. The molecule has 0 aliphatic carbocycles. The van der Waals surface area contributed by atoms with E-state index in [4.69, 9.17) is 0 Å². The number of rotatable bonds is 4. The lowest BCUT2D eigenvalue weighted by Crippen LogP contribution is -2.25. The molecule has 0 aromatic carbocycles. The predicted molar refractivity (Wildman–Crippen MR) is 56.3 cm³/mol. The van der Waals surface area contributed by atoms with Crippen LogP contribution < -0.4 is 10.9 Å². The summed E-state index contributed by atoms with van der Waals surface area (Å²) in [7, 11) is 1.84. The van der Waals surface area contributed by atoms with Crippen molar-refractivity contribution in [3.05, 3.63) is 40.3 Å². The molecule has 1 aromatic heterocycles. The maximum absolute atomic E-state index is 11.4. The molecule has 1 N–H and O–H groups in total. The minimum absolute atomic E-state index is 0.0812. The second-order valence-corrected chi connectivity index (χ2v) is 3.31. The Hall–Kier alpha value is -1.42. The molecule has 1 aromatic rings. The molecule has 0 saturated heterocycles. The van der Waals surface area contributed by atoms with Crippen LogP contribution in [0.5, 0.6) is 0 Å². The molecule has 1 rings (SSSR count). The topological polar surface area (TPSA) is 46.9 Å². The van der Waals surface area contributed by atoms with Crippen LogP contribution in [0, 0.1) is 6.92 Å². The van der Waals surface area contributed by atoms with Crippen molar-refractivity contribution in [3.63, 3.8) is 0 Å². The first-order chi connectivity index (χ1) is 6.63. The van der Waals surface area contributed by atoms with Gasteiger partial charge in [-0.15, -0.1) is 0 Å². The first-order valence-electron chi connectivity index (χ1n) is 4.48. The van der Waals surface area contributed by atoms with Crippen LogP contribution in [0.1, 0.15) is 5.56 Å². The summed E-state index contributed by atoms with van der Waals surface area (Å²) in [5.41, 5.74) is 1.73. The zero-order valence-electron chi connectivity index (χ0n) is 8.58. The van der Waals surface area contributed by atoms with Gasteiger partial charge in [0.15, 0.2) is 0 Å². The normalized spacial score (nSPS) is 10.1. The maximum atomic E-state index is 11.4. The summed E-state index contributed by atoms with van der Waals surface area (Å²) >= 11 is 0. The van der Waals surface area contributed by atoms with Crippen molar-refractivity contribution in [1.82, 2.24) is 15.1 Å². The van der Waals surface area contributed by atoms with Gasteiger partial charge in [-0.25, -0.2) is 4.68 Å². The summed E-state index contributed by atoms with van der Waals surface area (Å²) in [5.74, 6) is 0. The molecule has 14 heavy (non-hydrogen) atoms. The van der Waals surface area contributed by atoms with E-state index < -0.39 is 0 Å². The third-order valence-corrected chi connectivity index (χ3v) is 1.81. The number of aryl methyl sites for hydroxylation is 1. The highest BCUT2D eigenvalue weighted by Gasteiger charge is 1.99. The number of nitrogens with zero attached hydrogens (tertiary/aromatic N) is 2. The molecular weight excluding hydrogens is 178 g/mol. The fourth-order valence-corrected chi connectivity index (χ4v) is 1.16. The van der Waals surface area contributed by atoms with Crippen molar-refractivity contribution in [2.75, 3.05) is 13.6 Å². The fourth-order valence-electron chi connectivity index (χ4n) is 1.16. The standard InChI is InChI=1S/C10H15N3O/c1-8-4-10(14)13(12-6-8)7-9(2)5-11-3/h4,6,11H,2,5,7H2,1,3H3. The van der Waals surface area contributed by atoms with E-state index in [2.05, 4.69) is 17.0 Å². The summed E-state index contributed by atoms with van der Waals surface area (Å²) in [4.78, 5) is 11.4. The highest BCUT2D eigenvalue weighted by Crippen LogP contribution is 1.92. The molecule has 0 aliphatic rings. The van der Waals surface area contributed by atoms with Crippen LogP contribution in [0.2, 0.25) is 0 Å². The van der Waals surface area contributed by atoms with Crippen molar-refractivity contribution in [3.8, 4) is 0 Å². The second kappa shape index (κ2) is 4.72. The largest absolute Gasteiger partial charge is 0.316 e. The predicted octanol–water partition coefficient (Wildman–Crippen LogP) is 0.327. The highest BCUT2D eigenvalue weighted by molar-refractivity contribution is 5.04. The van der Waals surface area contributed by atoms with E-state index in [0.717, 1.165) is 11.1 Å². The Balaban J connectivity index is 2.77. The number of likely N-dealkylation sites (N-methyl/N-ethyl adjacent to an activating group) is 1. The maximum Gasteiger partial charge on any atom is 0.267 e. The number of aromatic nitrogens is 2. The first-order valence-corrected chi connectivity index (χ1v) is 4.48. The third kappa shape index (κ3) is 2.81. The SMILES string of the molecule is C=C(CNC)Cn1ncc(C)cc1=O. The van der Waals surface area contributed by atoms with Gasteiger partial charge in [-0.3, -0.25) is 4.79 Å². The van der Waals surface area contributed by atoms with Gasteiger partial charge in [-0.1, -0.05) is 6.58 Å². The molecule has 0 atom stereocenters. The van der Waals surface area contributed by atoms with Crippen molar-refractivity contribution >= 4 is 0 Å². The molecule has 1 heterocycles. The monoisotopic (exact) mass is 193 g/mol. The zero-order valence-corrected chi connectivity index (χ0v) is 8.58. The van der Waals surface area contributed by atoms with Gasteiger partial charge in [0.2, 0.25) is 0 Å². The van der Waals surface area contributed by atoms with Crippen LogP contribution in [0.25, 0.3) is 0 Å². The molecule has 76 valence electrons. The Morgan fingerprint density at radius 2 is 2.43 bits per heavy atom. The van der Waals surface area contributed by atoms with Crippen molar-refractivity contribution < 1.29 is 0 Å². The lowest BCUT2D eigenvalue weighted by atomic mass is 10.3. The van der Waals surface area contributed by atoms with E-state index in [1.807, 2.05) is 14.0 Å². The zero-order chi connectivity index (χ0) is 10.6. The molecule has 4 heteroatoms. The van der Waals surface area contributed by atoms with E-state index in [1.54, 1.807) is 12.3 Å². The summed E-state index contributed by atoms with van der Waals surface area (Å²) in [6, 6.07) is 1.57. The Morgan fingerprint density at radius 1 is 1.71 bits per heavy atom. The Morgan fingerprint density at radius 3 is 3.00 bits per heavy atom. The van der Waals surface area contributed by atoms with Crippen LogP contribution in [0.15, 0.2) is 29.2 Å². The minimum Gasteiger partial charge on any atom is -0.316 e. The van der Waals surface area contributed by atoms with Crippen molar-refractivity contribution in [2.45, 2.75) is 13.5 Å². The summed E-state index contributed by atoms with van der Waals surface area (Å²) in [5, 5.41) is 6.99. The van der Waals surface area contributed by atoms with E-state index in [1.165, 1.54) is 4.68 Å². The molecule has 0 spiro atoms. The van der Waals surface area contributed by atoms with Crippen LogP contribution in [0.4, 0.5) is 0 Å². The number of hydrogen-bond donors (Lipinski definition) is 1. The minimum atomic E-state index is -0.0812. The van der Waals surface area contributed by atoms with Gasteiger partial charge in [0.05, 0.1) is 12.7 Å². The average Bonchev–Trinajstić information content (AvgIpc) is 2.10. The van der Waals surface area contributed by atoms with Gasteiger partial charge < -0.3 is 5.32 Å². The Labute approximate surface area is 83.3 Å². The van der Waals surface area contributed by atoms with E-state index >= 15 is 0 Å². The average molecular weight is 193 g/mol. The van der Waals surface area contributed by atoms with Gasteiger partial charge in [0.1, 0.15) is 0 Å². The highest BCUT2D eigenvalue weighted by atomic mass is 16.1. The second-order valence-electron chi connectivity index (χ2n) is 3.31. The molecule has 0 amide bonds. The smallest absolute Gasteiger partial charge is 0.267 e. The molecule has 0 saturated carbocycles. The number of nitrogens with one attached hydrogen (secondary N) is 1. The van der Waals surface area contributed by atoms with Crippen LogP contribution in [-0.4, -0.2) is 23.4 Å². The first kappa shape index (κ1) is 10.7. The summed E-state index contributed by atoms with van der Waals surface area (Å²) < 4.78 is 1.41. The Kier molecular flexibility index (Phi) is 3.59. The van der Waals surface area contributed by atoms with Crippen molar-refractivity contribution in [2.24, 2.45) is 0 Å². The molecule has 0 radical (unpaired) electrons. The van der Waals surface area contributed by atoms with Crippen LogP contribution >= 0.6 is 0 Å². The van der Waals surface area contributed by atoms with E-state index in [9.17, 15) is 4.79 Å². The molecule has 0 bridgehead atoms. The van der Waals surface area contributed by atoms with Gasteiger partial charge in [-0.05, 0) is 25.1 Å². The number of hydrogen-bond acceptors (Lipinski definition) is 3. The molecular formula is C10H15N3O. The third-order valence-electron chi connectivity index (χ3n) is 1.81. The Bertz CT molecular complexity index is 381. The quantitative estimate of drug-likeness (QED) is 0.701. The lowest BCUT2D eigenvalue weighted by Gasteiger charge is -2.06. The summed E-state index contributed by atoms with van der Waals surface area (Å²) in [6.07, 6.45) is 1.67.